The number of halogens is 3. The maximum atomic E-state index is 11.8. The number of aliphatic carboxylic acids is 1. The minimum absolute atomic E-state index is 0.131. The molecular formula is C14H16Cl3NO4. The third kappa shape index (κ3) is 5.91. The van der Waals surface area contributed by atoms with Gasteiger partial charge in [-0.25, -0.2) is 4.79 Å². The summed E-state index contributed by atoms with van der Waals surface area (Å²) < 4.78 is 5.24. The van der Waals surface area contributed by atoms with Gasteiger partial charge >= 0.3 is 5.97 Å². The maximum absolute atomic E-state index is 11.8. The van der Waals surface area contributed by atoms with Crippen molar-refractivity contribution in [3.8, 4) is 5.75 Å². The SMILES string of the molecule is CC(C)C[C@H](NC(=O)COc1cc(Cl)c(Cl)cc1Cl)C(=O)O. The van der Waals surface area contributed by atoms with Crippen LogP contribution < -0.4 is 10.1 Å². The van der Waals surface area contributed by atoms with Crippen LogP contribution in [0.2, 0.25) is 15.1 Å². The second-order valence-electron chi connectivity index (χ2n) is 5.07. The van der Waals surface area contributed by atoms with Gasteiger partial charge in [-0.1, -0.05) is 48.7 Å². The molecular weight excluding hydrogens is 353 g/mol. The summed E-state index contributed by atoms with van der Waals surface area (Å²) in [7, 11) is 0. The summed E-state index contributed by atoms with van der Waals surface area (Å²) in [6, 6.07) is 1.83. The first-order chi connectivity index (χ1) is 10.2. The van der Waals surface area contributed by atoms with Gasteiger partial charge in [-0.3, -0.25) is 4.79 Å². The van der Waals surface area contributed by atoms with E-state index in [0.29, 0.717) is 6.42 Å². The minimum Gasteiger partial charge on any atom is -0.482 e. The van der Waals surface area contributed by atoms with E-state index in [1.165, 1.54) is 12.1 Å². The monoisotopic (exact) mass is 367 g/mol. The Hall–Kier alpha value is -1.17. The minimum atomic E-state index is -1.09. The normalized spacial score (nSPS) is 12.1. The van der Waals surface area contributed by atoms with Gasteiger partial charge < -0.3 is 15.2 Å². The van der Waals surface area contributed by atoms with Crippen molar-refractivity contribution in [1.29, 1.82) is 0 Å². The maximum Gasteiger partial charge on any atom is 0.326 e. The number of hydrogen-bond acceptors (Lipinski definition) is 3. The van der Waals surface area contributed by atoms with Gasteiger partial charge in [-0.05, 0) is 18.4 Å². The second kappa shape index (κ2) is 8.46. The molecule has 1 aromatic carbocycles. The van der Waals surface area contributed by atoms with Gasteiger partial charge in [0.1, 0.15) is 11.8 Å². The van der Waals surface area contributed by atoms with E-state index in [2.05, 4.69) is 5.32 Å². The summed E-state index contributed by atoms with van der Waals surface area (Å²) in [6.45, 7) is 3.36. The van der Waals surface area contributed by atoms with Crippen LogP contribution in [-0.2, 0) is 9.59 Å². The molecule has 0 unspecified atom stereocenters. The number of nitrogens with one attached hydrogen (secondary N) is 1. The van der Waals surface area contributed by atoms with Crippen LogP contribution in [0.15, 0.2) is 12.1 Å². The Morgan fingerprint density at radius 1 is 1.18 bits per heavy atom. The molecule has 1 aromatic rings. The largest absolute Gasteiger partial charge is 0.482 e. The number of benzene rings is 1. The molecule has 0 radical (unpaired) electrons. The molecule has 0 heterocycles. The topological polar surface area (TPSA) is 75.6 Å². The van der Waals surface area contributed by atoms with E-state index in [0.717, 1.165) is 0 Å². The molecule has 0 aliphatic carbocycles. The first kappa shape index (κ1) is 18.9. The molecule has 0 bridgehead atoms. The molecule has 1 amide bonds. The molecule has 0 spiro atoms. The first-order valence-corrected chi connectivity index (χ1v) is 7.63. The van der Waals surface area contributed by atoms with Gasteiger partial charge in [0.25, 0.3) is 5.91 Å². The molecule has 0 saturated carbocycles. The predicted molar refractivity (Wildman–Crippen MR) is 86.0 cm³/mol. The Morgan fingerprint density at radius 2 is 1.77 bits per heavy atom. The van der Waals surface area contributed by atoms with Crippen molar-refractivity contribution in [1.82, 2.24) is 5.32 Å². The lowest BCUT2D eigenvalue weighted by molar-refractivity contribution is -0.142. The van der Waals surface area contributed by atoms with Gasteiger partial charge in [0.15, 0.2) is 6.61 Å². The van der Waals surface area contributed by atoms with Gasteiger partial charge in [0, 0.05) is 6.07 Å². The standard InChI is InChI=1S/C14H16Cl3NO4/c1-7(2)3-11(14(20)21)18-13(19)6-22-12-5-9(16)8(15)4-10(12)17/h4-5,7,11H,3,6H2,1-2H3,(H,18,19)(H,20,21)/t11-/m0/s1. The molecule has 1 rings (SSSR count). The number of carboxylic acid groups (broad SMARTS) is 1. The van der Waals surface area contributed by atoms with Crippen LogP contribution in [0.4, 0.5) is 0 Å². The van der Waals surface area contributed by atoms with E-state index in [9.17, 15) is 9.59 Å². The van der Waals surface area contributed by atoms with Crippen LogP contribution in [0.5, 0.6) is 5.75 Å². The van der Waals surface area contributed by atoms with Crippen molar-refractivity contribution in [2.24, 2.45) is 5.92 Å². The molecule has 0 fully saturated rings. The highest BCUT2D eigenvalue weighted by molar-refractivity contribution is 6.43. The average molecular weight is 369 g/mol. The number of amides is 1. The fourth-order valence-electron chi connectivity index (χ4n) is 1.69. The summed E-state index contributed by atoms with van der Waals surface area (Å²) >= 11 is 17.5. The van der Waals surface area contributed by atoms with Crippen molar-refractivity contribution < 1.29 is 19.4 Å². The van der Waals surface area contributed by atoms with Crippen LogP contribution in [0, 0.1) is 5.92 Å². The molecule has 1 atom stereocenters. The molecule has 8 heteroatoms. The van der Waals surface area contributed by atoms with Crippen LogP contribution in [-0.4, -0.2) is 29.6 Å². The number of hydrogen-bond donors (Lipinski definition) is 2. The van der Waals surface area contributed by atoms with E-state index >= 15 is 0 Å². The fraction of sp³-hybridized carbons (Fsp3) is 0.429. The number of carbonyl (C=O) groups excluding carboxylic acids is 1. The highest BCUT2D eigenvalue weighted by atomic mass is 35.5. The van der Waals surface area contributed by atoms with Crippen molar-refractivity contribution in [3.05, 3.63) is 27.2 Å². The van der Waals surface area contributed by atoms with E-state index in [-0.39, 0.29) is 33.3 Å². The summed E-state index contributed by atoms with van der Waals surface area (Å²) in [5.74, 6) is -1.32. The summed E-state index contributed by atoms with van der Waals surface area (Å²) in [5, 5.41) is 12.2. The Bertz CT molecular complexity index is 563. The van der Waals surface area contributed by atoms with E-state index in [1.54, 1.807) is 0 Å². The molecule has 2 N–H and O–H groups in total. The van der Waals surface area contributed by atoms with Gasteiger partial charge in [0.2, 0.25) is 0 Å². The Balaban J connectivity index is 2.62. The first-order valence-electron chi connectivity index (χ1n) is 6.50. The number of carbonyl (C=O) groups is 2. The Labute approximate surface area is 143 Å². The average Bonchev–Trinajstić information content (AvgIpc) is 2.40. The number of rotatable bonds is 7. The van der Waals surface area contributed by atoms with Crippen molar-refractivity contribution in [3.63, 3.8) is 0 Å². The predicted octanol–water partition coefficient (Wildman–Crippen LogP) is 3.64. The molecule has 0 aromatic heterocycles. The highest BCUT2D eigenvalue weighted by Crippen LogP contribution is 2.33. The smallest absolute Gasteiger partial charge is 0.326 e. The molecule has 22 heavy (non-hydrogen) atoms. The van der Waals surface area contributed by atoms with Crippen LogP contribution in [0.1, 0.15) is 20.3 Å². The fourth-order valence-corrected chi connectivity index (χ4v) is 2.28. The lowest BCUT2D eigenvalue weighted by Gasteiger charge is -2.17. The second-order valence-corrected chi connectivity index (χ2v) is 6.29. The lowest BCUT2D eigenvalue weighted by Crippen LogP contribution is -2.43. The van der Waals surface area contributed by atoms with Crippen molar-refractivity contribution in [2.75, 3.05) is 6.61 Å². The highest BCUT2D eigenvalue weighted by Gasteiger charge is 2.21. The molecule has 0 saturated heterocycles. The van der Waals surface area contributed by atoms with Crippen molar-refractivity contribution in [2.45, 2.75) is 26.3 Å². The summed E-state index contributed by atoms with van der Waals surface area (Å²) in [6.07, 6.45) is 0.328. The number of ether oxygens (including phenoxy) is 1. The van der Waals surface area contributed by atoms with Crippen LogP contribution >= 0.6 is 34.8 Å². The summed E-state index contributed by atoms with van der Waals surface area (Å²) in [4.78, 5) is 22.8. The number of carboxylic acids is 1. The van der Waals surface area contributed by atoms with Gasteiger partial charge in [-0.2, -0.15) is 0 Å². The summed E-state index contributed by atoms with van der Waals surface area (Å²) in [5.41, 5.74) is 0. The van der Waals surface area contributed by atoms with Crippen LogP contribution in [0.25, 0.3) is 0 Å². The van der Waals surface area contributed by atoms with E-state index in [1.807, 2.05) is 13.8 Å². The molecule has 5 nitrogen and oxygen atoms in total. The van der Waals surface area contributed by atoms with Gasteiger partial charge in [0.05, 0.1) is 15.1 Å². The third-order valence-electron chi connectivity index (χ3n) is 2.67. The Kier molecular flexibility index (Phi) is 7.26. The molecule has 0 aliphatic rings. The lowest BCUT2D eigenvalue weighted by atomic mass is 10.0. The van der Waals surface area contributed by atoms with E-state index < -0.39 is 17.9 Å². The zero-order valence-corrected chi connectivity index (χ0v) is 14.3. The van der Waals surface area contributed by atoms with Crippen molar-refractivity contribution >= 4 is 46.7 Å². The zero-order chi connectivity index (χ0) is 16.9. The third-order valence-corrected chi connectivity index (χ3v) is 3.69. The Morgan fingerprint density at radius 3 is 2.32 bits per heavy atom. The quantitative estimate of drug-likeness (QED) is 0.720. The molecule has 0 aliphatic heterocycles. The van der Waals surface area contributed by atoms with Gasteiger partial charge in [-0.15, -0.1) is 0 Å². The molecule has 122 valence electrons. The van der Waals surface area contributed by atoms with Crippen LogP contribution in [0.3, 0.4) is 0 Å². The zero-order valence-electron chi connectivity index (χ0n) is 12.0. The van der Waals surface area contributed by atoms with E-state index in [4.69, 9.17) is 44.6 Å².